The largest absolute Gasteiger partial charge is 0.486 e. The quantitative estimate of drug-likeness (QED) is 0.645. The van der Waals surface area contributed by atoms with Crippen LogP contribution in [0.15, 0.2) is 40.9 Å². The lowest BCUT2D eigenvalue weighted by atomic mass is 9.82. The van der Waals surface area contributed by atoms with Crippen molar-refractivity contribution in [3.05, 3.63) is 58.8 Å². The third-order valence-electron chi connectivity index (χ3n) is 6.29. The molecule has 0 atom stereocenters. The number of rotatable bonds is 2. The van der Waals surface area contributed by atoms with E-state index in [4.69, 9.17) is 9.26 Å². The number of amides is 1. The van der Waals surface area contributed by atoms with Crippen molar-refractivity contribution in [1.29, 1.82) is 0 Å². The first-order chi connectivity index (χ1) is 14.4. The summed E-state index contributed by atoms with van der Waals surface area (Å²) in [5.41, 5.74) is 3.70. The lowest BCUT2D eigenvalue weighted by molar-refractivity contribution is -0.134. The first-order valence-corrected chi connectivity index (χ1v) is 10.4. The van der Waals surface area contributed by atoms with Gasteiger partial charge in [0.15, 0.2) is 11.4 Å². The van der Waals surface area contributed by atoms with Crippen LogP contribution in [0.4, 0.5) is 0 Å². The van der Waals surface area contributed by atoms with E-state index in [1.807, 2.05) is 55.1 Å². The summed E-state index contributed by atoms with van der Waals surface area (Å²) in [4.78, 5) is 27.5. The molecular formula is C24H24N2O4. The number of likely N-dealkylation sites (tertiary alicyclic amines) is 1. The zero-order valence-corrected chi connectivity index (χ0v) is 17.2. The van der Waals surface area contributed by atoms with Crippen molar-refractivity contribution in [2.24, 2.45) is 0 Å². The number of ketones is 1. The molecule has 0 saturated carbocycles. The van der Waals surface area contributed by atoms with Crippen molar-refractivity contribution >= 4 is 22.7 Å². The molecule has 0 radical (unpaired) electrons. The van der Waals surface area contributed by atoms with Crippen molar-refractivity contribution in [2.45, 2.75) is 45.1 Å². The van der Waals surface area contributed by atoms with Gasteiger partial charge in [-0.1, -0.05) is 28.4 Å². The smallest absolute Gasteiger partial charge is 0.228 e. The third kappa shape index (κ3) is 3.26. The molecule has 1 saturated heterocycles. The van der Waals surface area contributed by atoms with Gasteiger partial charge in [-0.3, -0.25) is 9.59 Å². The van der Waals surface area contributed by atoms with E-state index < -0.39 is 5.60 Å². The van der Waals surface area contributed by atoms with E-state index in [2.05, 4.69) is 5.16 Å². The highest BCUT2D eigenvalue weighted by atomic mass is 16.5. The van der Waals surface area contributed by atoms with Gasteiger partial charge in [-0.15, -0.1) is 0 Å². The van der Waals surface area contributed by atoms with Crippen molar-refractivity contribution in [3.8, 4) is 5.75 Å². The Labute approximate surface area is 174 Å². The molecule has 1 aromatic heterocycles. The fraction of sp³-hybridized carbons (Fsp3) is 0.375. The Bertz CT molecular complexity index is 1160. The van der Waals surface area contributed by atoms with E-state index in [0.29, 0.717) is 54.9 Å². The topological polar surface area (TPSA) is 72.6 Å². The van der Waals surface area contributed by atoms with Crippen LogP contribution in [0.25, 0.3) is 11.0 Å². The number of hydrogen-bond acceptors (Lipinski definition) is 5. The van der Waals surface area contributed by atoms with Crippen molar-refractivity contribution in [1.82, 2.24) is 10.1 Å². The fourth-order valence-electron chi connectivity index (χ4n) is 4.54. The van der Waals surface area contributed by atoms with E-state index in [9.17, 15) is 9.59 Å². The van der Waals surface area contributed by atoms with Gasteiger partial charge in [0.1, 0.15) is 17.0 Å². The Morgan fingerprint density at radius 2 is 1.83 bits per heavy atom. The second-order valence-electron chi connectivity index (χ2n) is 8.57. The molecule has 6 nitrogen and oxygen atoms in total. The van der Waals surface area contributed by atoms with Crippen molar-refractivity contribution in [2.75, 3.05) is 13.1 Å². The molecule has 5 rings (SSSR count). The highest BCUT2D eigenvalue weighted by Crippen LogP contribution is 2.39. The molecular weight excluding hydrogens is 380 g/mol. The predicted octanol–water partition coefficient (Wildman–Crippen LogP) is 4.01. The van der Waals surface area contributed by atoms with Crippen LogP contribution in [0.2, 0.25) is 0 Å². The molecule has 154 valence electrons. The molecule has 6 heteroatoms. The zero-order valence-electron chi connectivity index (χ0n) is 17.2. The summed E-state index contributed by atoms with van der Waals surface area (Å²) in [6.45, 7) is 5.12. The Kier molecular flexibility index (Phi) is 4.38. The zero-order chi connectivity index (χ0) is 20.9. The maximum absolute atomic E-state index is 12.9. The molecule has 0 bridgehead atoms. The molecule has 2 aromatic carbocycles. The number of carbonyl (C=O) groups excluding carboxylic acids is 2. The highest BCUT2D eigenvalue weighted by molar-refractivity contribution is 6.00. The van der Waals surface area contributed by atoms with Crippen LogP contribution in [-0.4, -0.2) is 40.4 Å². The highest BCUT2D eigenvalue weighted by Gasteiger charge is 2.43. The number of benzene rings is 2. The summed E-state index contributed by atoms with van der Waals surface area (Å²) in [7, 11) is 0. The van der Waals surface area contributed by atoms with E-state index >= 15 is 0 Å². The van der Waals surface area contributed by atoms with Gasteiger partial charge in [-0.2, -0.15) is 0 Å². The summed E-state index contributed by atoms with van der Waals surface area (Å²) in [5, 5.41) is 5.00. The van der Waals surface area contributed by atoms with E-state index in [1.165, 1.54) is 0 Å². The molecule has 2 aliphatic heterocycles. The number of ether oxygens (including phenoxy) is 1. The summed E-state index contributed by atoms with van der Waals surface area (Å²) >= 11 is 0. The first-order valence-electron chi connectivity index (χ1n) is 10.4. The minimum absolute atomic E-state index is 0.0275. The normalized spacial score (nSPS) is 17.8. The SMILES string of the molecule is Cc1ccc2c(c1)C(=O)CC1(CCN(C(=O)Cc3noc4ccc(C)cc34)CC1)O2. The number of aromatic nitrogens is 1. The van der Waals surface area contributed by atoms with E-state index in [1.54, 1.807) is 0 Å². The fourth-order valence-corrected chi connectivity index (χ4v) is 4.54. The van der Waals surface area contributed by atoms with Crippen LogP contribution in [0, 0.1) is 13.8 Å². The molecule has 0 aliphatic carbocycles. The van der Waals surface area contributed by atoms with Crippen LogP contribution in [-0.2, 0) is 11.2 Å². The monoisotopic (exact) mass is 404 g/mol. The second kappa shape index (κ2) is 6.97. The predicted molar refractivity (Wildman–Crippen MR) is 112 cm³/mol. The maximum Gasteiger partial charge on any atom is 0.228 e. The van der Waals surface area contributed by atoms with Crippen LogP contribution < -0.4 is 4.74 Å². The van der Waals surface area contributed by atoms with E-state index in [0.717, 1.165) is 16.5 Å². The number of aryl methyl sites for hydroxylation is 2. The lowest BCUT2D eigenvalue weighted by Crippen LogP contribution is -2.52. The third-order valence-corrected chi connectivity index (χ3v) is 6.29. The van der Waals surface area contributed by atoms with Gasteiger partial charge >= 0.3 is 0 Å². The number of nitrogens with zero attached hydrogens (tertiary/aromatic N) is 2. The Balaban J connectivity index is 1.28. The van der Waals surface area contributed by atoms with Crippen LogP contribution in [0.5, 0.6) is 5.75 Å². The standard InChI is InChI=1S/C24H24N2O4/c1-15-4-6-22-17(11-15)19(25-30-22)13-23(28)26-9-7-24(8-10-26)14-20(27)18-12-16(2)3-5-21(18)29-24/h3-6,11-12H,7-10,13-14H2,1-2H3. The summed E-state index contributed by atoms with van der Waals surface area (Å²) in [6, 6.07) is 11.6. The van der Waals surface area contributed by atoms with Gasteiger partial charge in [0, 0.05) is 31.3 Å². The number of carbonyl (C=O) groups is 2. The molecule has 3 heterocycles. The van der Waals surface area contributed by atoms with Gasteiger partial charge in [-0.05, 0) is 38.1 Å². The average molecular weight is 404 g/mol. The Morgan fingerprint density at radius 1 is 1.10 bits per heavy atom. The van der Waals surface area contributed by atoms with Gasteiger partial charge in [-0.25, -0.2) is 0 Å². The minimum Gasteiger partial charge on any atom is -0.486 e. The van der Waals surface area contributed by atoms with Gasteiger partial charge < -0.3 is 14.2 Å². The molecule has 1 spiro atoms. The lowest BCUT2D eigenvalue weighted by Gasteiger charge is -2.44. The molecule has 30 heavy (non-hydrogen) atoms. The van der Waals surface area contributed by atoms with Crippen LogP contribution in [0.3, 0.4) is 0 Å². The van der Waals surface area contributed by atoms with Crippen molar-refractivity contribution in [3.63, 3.8) is 0 Å². The van der Waals surface area contributed by atoms with Crippen molar-refractivity contribution < 1.29 is 18.8 Å². The summed E-state index contributed by atoms with van der Waals surface area (Å²) in [5.74, 6) is 0.824. The minimum atomic E-state index is -0.506. The first kappa shape index (κ1) is 18.9. The summed E-state index contributed by atoms with van der Waals surface area (Å²) in [6.07, 6.45) is 1.89. The number of Topliss-reactive ketones (excluding diaryl/α,β-unsaturated/α-hetero) is 1. The molecule has 0 N–H and O–H groups in total. The molecule has 1 fully saturated rings. The Hall–Kier alpha value is -3.15. The average Bonchev–Trinajstić information content (AvgIpc) is 3.11. The second-order valence-corrected chi connectivity index (χ2v) is 8.57. The molecule has 1 amide bonds. The van der Waals surface area contributed by atoms with Gasteiger partial charge in [0.25, 0.3) is 0 Å². The Morgan fingerprint density at radius 3 is 2.63 bits per heavy atom. The number of fused-ring (bicyclic) bond motifs is 2. The molecule has 3 aromatic rings. The van der Waals surface area contributed by atoms with Gasteiger partial charge in [0.2, 0.25) is 5.91 Å². The summed E-state index contributed by atoms with van der Waals surface area (Å²) < 4.78 is 11.7. The maximum atomic E-state index is 12.9. The molecule has 0 unspecified atom stereocenters. The van der Waals surface area contributed by atoms with E-state index in [-0.39, 0.29) is 18.1 Å². The van der Waals surface area contributed by atoms with Crippen LogP contribution in [0.1, 0.15) is 46.4 Å². The van der Waals surface area contributed by atoms with Gasteiger partial charge in [0.05, 0.1) is 18.4 Å². The van der Waals surface area contributed by atoms with Crippen LogP contribution >= 0.6 is 0 Å². The number of hydrogen-bond donors (Lipinski definition) is 0. The molecule has 2 aliphatic rings. The number of piperidine rings is 1.